The third-order valence-corrected chi connectivity index (χ3v) is 4.05. The van der Waals surface area contributed by atoms with Crippen molar-refractivity contribution < 1.29 is 0 Å². The lowest BCUT2D eigenvalue weighted by Gasteiger charge is -2.05. The van der Waals surface area contributed by atoms with Gasteiger partial charge in [-0.1, -0.05) is 23.2 Å². The van der Waals surface area contributed by atoms with Crippen LogP contribution < -0.4 is 0 Å². The summed E-state index contributed by atoms with van der Waals surface area (Å²) in [7, 11) is 0. The monoisotopic (exact) mass is 309 g/mol. The van der Waals surface area contributed by atoms with Crippen molar-refractivity contribution in [2.75, 3.05) is 0 Å². The molecule has 2 aromatic heterocycles. The summed E-state index contributed by atoms with van der Waals surface area (Å²) in [6, 6.07) is 3.79. The van der Waals surface area contributed by atoms with Gasteiger partial charge in [-0.25, -0.2) is 15.0 Å². The lowest BCUT2D eigenvalue weighted by molar-refractivity contribution is 1.18. The van der Waals surface area contributed by atoms with Crippen LogP contribution in [0.15, 0.2) is 17.5 Å². The zero-order chi connectivity index (χ0) is 13.6. The van der Waals surface area contributed by atoms with Crippen molar-refractivity contribution >= 4 is 45.4 Å². The Kier molecular flexibility index (Phi) is 3.17. The molecule has 0 atom stereocenters. The lowest BCUT2D eigenvalue weighted by atomic mass is 10.1. The molecule has 0 unspecified atom stereocenters. The number of halogens is 2. The second-order valence-electron chi connectivity index (χ2n) is 4.23. The van der Waals surface area contributed by atoms with E-state index in [0.717, 1.165) is 21.7 Å². The van der Waals surface area contributed by atoms with Crippen LogP contribution in [0.25, 0.3) is 22.4 Å². The molecule has 0 aliphatic heterocycles. The van der Waals surface area contributed by atoms with Gasteiger partial charge in [-0.15, -0.1) is 11.3 Å². The summed E-state index contributed by atoms with van der Waals surface area (Å²) in [5.41, 5.74) is 2.41. The molecule has 0 fully saturated rings. The van der Waals surface area contributed by atoms with Gasteiger partial charge in [0.2, 0.25) is 0 Å². The molecule has 0 bridgehead atoms. The summed E-state index contributed by atoms with van der Waals surface area (Å²) in [6.45, 7) is 3.90. The van der Waals surface area contributed by atoms with Crippen LogP contribution in [0.3, 0.4) is 0 Å². The first-order chi connectivity index (χ1) is 9.04. The van der Waals surface area contributed by atoms with Crippen molar-refractivity contribution in [3.8, 4) is 11.5 Å². The highest BCUT2D eigenvalue weighted by atomic mass is 35.5. The molecule has 3 aromatic rings. The zero-order valence-electron chi connectivity index (χ0n) is 10.2. The smallest absolute Gasteiger partial charge is 0.181 e. The summed E-state index contributed by atoms with van der Waals surface area (Å²) in [6.07, 6.45) is 0. The first kappa shape index (κ1) is 12.8. The quantitative estimate of drug-likeness (QED) is 0.613. The molecule has 0 spiro atoms. The fraction of sp³-hybridized carbons (Fsp3) is 0.154. The average Bonchev–Trinajstić information content (AvgIpc) is 2.77. The Balaban J connectivity index is 2.30. The minimum absolute atomic E-state index is 0.399. The molecular formula is C13H9Cl2N3S. The van der Waals surface area contributed by atoms with Crippen molar-refractivity contribution in [2.45, 2.75) is 13.8 Å². The van der Waals surface area contributed by atoms with E-state index in [0.29, 0.717) is 21.5 Å². The van der Waals surface area contributed by atoms with Gasteiger partial charge in [0.1, 0.15) is 10.8 Å². The molecule has 3 nitrogen and oxygen atoms in total. The van der Waals surface area contributed by atoms with Crippen molar-refractivity contribution in [3.63, 3.8) is 0 Å². The van der Waals surface area contributed by atoms with Gasteiger partial charge < -0.3 is 0 Å². The summed E-state index contributed by atoms with van der Waals surface area (Å²) in [5.74, 6) is 0.507. The molecule has 6 heteroatoms. The third kappa shape index (κ3) is 2.31. The SMILES string of the molecule is Cc1cc(Cl)c2nc(-c3csc(C)n3)nc(Cl)c2c1. The maximum Gasteiger partial charge on any atom is 0.181 e. The van der Waals surface area contributed by atoms with E-state index in [1.165, 1.54) is 0 Å². The number of benzene rings is 1. The van der Waals surface area contributed by atoms with E-state index in [2.05, 4.69) is 15.0 Å². The zero-order valence-corrected chi connectivity index (χ0v) is 12.6. The van der Waals surface area contributed by atoms with Gasteiger partial charge in [-0.3, -0.25) is 0 Å². The van der Waals surface area contributed by atoms with Crippen molar-refractivity contribution in [3.05, 3.63) is 38.3 Å². The second kappa shape index (κ2) is 4.71. The number of aromatic nitrogens is 3. The Hall–Kier alpha value is -1.23. The predicted molar refractivity (Wildman–Crippen MR) is 80.1 cm³/mol. The predicted octanol–water partition coefficient (Wildman–Crippen LogP) is 4.68. The van der Waals surface area contributed by atoms with Crippen LogP contribution in [0.5, 0.6) is 0 Å². The summed E-state index contributed by atoms with van der Waals surface area (Å²) in [5, 5.41) is 4.62. The van der Waals surface area contributed by atoms with Crippen molar-refractivity contribution in [2.24, 2.45) is 0 Å². The number of hydrogen-bond donors (Lipinski definition) is 0. The van der Waals surface area contributed by atoms with Crippen LogP contribution in [0, 0.1) is 13.8 Å². The first-order valence-electron chi connectivity index (χ1n) is 5.60. The Morgan fingerprint density at radius 1 is 1.05 bits per heavy atom. The van der Waals surface area contributed by atoms with Gasteiger partial charge in [0.25, 0.3) is 0 Å². The fourth-order valence-electron chi connectivity index (χ4n) is 1.87. The second-order valence-corrected chi connectivity index (χ2v) is 6.06. The Morgan fingerprint density at radius 2 is 1.84 bits per heavy atom. The topological polar surface area (TPSA) is 38.7 Å². The van der Waals surface area contributed by atoms with Gasteiger partial charge >= 0.3 is 0 Å². The number of aryl methyl sites for hydroxylation is 2. The number of rotatable bonds is 1. The van der Waals surface area contributed by atoms with Crippen LogP contribution in [0.1, 0.15) is 10.6 Å². The van der Waals surface area contributed by atoms with Crippen LogP contribution in [-0.2, 0) is 0 Å². The van der Waals surface area contributed by atoms with Crippen LogP contribution >= 0.6 is 34.5 Å². The highest BCUT2D eigenvalue weighted by molar-refractivity contribution is 7.09. The van der Waals surface area contributed by atoms with Gasteiger partial charge in [0, 0.05) is 10.8 Å². The number of fused-ring (bicyclic) bond motifs is 1. The minimum atomic E-state index is 0.399. The number of nitrogens with zero attached hydrogens (tertiary/aromatic N) is 3. The van der Waals surface area contributed by atoms with Gasteiger partial charge in [0.05, 0.1) is 15.5 Å². The largest absolute Gasteiger partial charge is 0.238 e. The first-order valence-corrected chi connectivity index (χ1v) is 7.24. The number of hydrogen-bond acceptors (Lipinski definition) is 4. The molecule has 0 saturated heterocycles. The molecule has 0 saturated carbocycles. The number of thiazole rings is 1. The molecule has 0 aliphatic carbocycles. The Labute approximate surface area is 124 Å². The standard InChI is InChI=1S/C13H9Cl2N3S/c1-6-3-8-11(9(14)4-6)17-13(18-12(8)15)10-5-19-7(2)16-10/h3-5H,1-2H3. The van der Waals surface area contributed by atoms with Crippen molar-refractivity contribution in [1.82, 2.24) is 15.0 Å². The van der Waals surface area contributed by atoms with Crippen LogP contribution in [0.2, 0.25) is 10.2 Å². The molecule has 2 heterocycles. The minimum Gasteiger partial charge on any atom is -0.238 e. The van der Waals surface area contributed by atoms with Gasteiger partial charge in [-0.2, -0.15) is 0 Å². The van der Waals surface area contributed by atoms with E-state index in [4.69, 9.17) is 23.2 Å². The van der Waals surface area contributed by atoms with Crippen LogP contribution in [0.4, 0.5) is 0 Å². The maximum absolute atomic E-state index is 6.23. The highest BCUT2D eigenvalue weighted by Gasteiger charge is 2.12. The molecule has 19 heavy (non-hydrogen) atoms. The van der Waals surface area contributed by atoms with E-state index in [1.54, 1.807) is 11.3 Å². The molecule has 96 valence electrons. The molecule has 0 N–H and O–H groups in total. The van der Waals surface area contributed by atoms with Crippen molar-refractivity contribution in [1.29, 1.82) is 0 Å². The van der Waals surface area contributed by atoms with Gasteiger partial charge in [-0.05, 0) is 31.5 Å². The van der Waals surface area contributed by atoms with E-state index < -0.39 is 0 Å². The molecule has 0 aliphatic rings. The lowest BCUT2D eigenvalue weighted by Crippen LogP contribution is -1.93. The average molecular weight is 310 g/mol. The van der Waals surface area contributed by atoms with Gasteiger partial charge in [0.15, 0.2) is 5.82 Å². The molecule has 0 amide bonds. The summed E-state index contributed by atoms with van der Waals surface area (Å²) >= 11 is 14.0. The Bertz CT molecular complexity index is 783. The highest BCUT2D eigenvalue weighted by Crippen LogP contribution is 2.30. The van der Waals surface area contributed by atoms with Crippen LogP contribution in [-0.4, -0.2) is 15.0 Å². The molecule has 3 rings (SSSR count). The summed E-state index contributed by atoms with van der Waals surface area (Å²) < 4.78 is 0. The fourth-order valence-corrected chi connectivity index (χ4v) is 3.00. The molecule has 1 aromatic carbocycles. The van der Waals surface area contributed by atoms with E-state index in [9.17, 15) is 0 Å². The normalized spacial score (nSPS) is 11.2. The van der Waals surface area contributed by atoms with E-state index in [-0.39, 0.29) is 0 Å². The molecule has 0 radical (unpaired) electrons. The van der Waals surface area contributed by atoms with E-state index >= 15 is 0 Å². The van der Waals surface area contributed by atoms with E-state index in [1.807, 2.05) is 31.4 Å². The third-order valence-electron chi connectivity index (χ3n) is 2.70. The maximum atomic E-state index is 6.23. The molecular weight excluding hydrogens is 301 g/mol. The Morgan fingerprint density at radius 3 is 2.53 bits per heavy atom. The summed E-state index contributed by atoms with van der Waals surface area (Å²) in [4.78, 5) is 13.2.